The maximum Gasteiger partial charge on any atom is 0.338 e. The summed E-state index contributed by atoms with van der Waals surface area (Å²) in [6.07, 6.45) is 8.34. The van der Waals surface area contributed by atoms with Gasteiger partial charge in [-0.1, -0.05) is 19.3 Å². The predicted molar refractivity (Wildman–Crippen MR) is 127 cm³/mol. The highest BCUT2D eigenvalue weighted by Gasteiger charge is 2.14. The zero-order chi connectivity index (χ0) is 20.8. The van der Waals surface area contributed by atoms with Crippen molar-refractivity contribution in [3.05, 3.63) is 60.3 Å². The number of fused-ring (bicyclic) bond motifs is 1. The van der Waals surface area contributed by atoms with Gasteiger partial charge in [-0.2, -0.15) is 0 Å². The number of esters is 1. The first-order chi connectivity index (χ1) is 14.7. The van der Waals surface area contributed by atoms with Gasteiger partial charge in [-0.3, -0.25) is 4.98 Å². The number of carbonyl (C=O) groups excluding carboxylic acids is 1. The lowest BCUT2D eigenvalue weighted by Gasteiger charge is -2.21. The number of benzene rings is 2. The first-order valence-corrected chi connectivity index (χ1v) is 10.8. The monoisotopic (exact) mass is 440 g/mol. The first-order valence-electron chi connectivity index (χ1n) is 10.8. The summed E-state index contributed by atoms with van der Waals surface area (Å²) in [4.78, 5) is 16.5. The summed E-state index contributed by atoms with van der Waals surface area (Å²) >= 11 is 0. The van der Waals surface area contributed by atoms with Gasteiger partial charge in [-0.25, -0.2) is 4.79 Å². The molecule has 1 heterocycles. The topological polar surface area (TPSA) is 60.5 Å². The Morgan fingerprint density at radius 1 is 1.06 bits per heavy atom. The third-order valence-electron chi connectivity index (χ3n) is 5.60. The number of pyridine rings is 1. The summed E-state index contributed by atoms with van der Waals surface area (Å²) in [7, 11) is 0. The van der Waals surface area contributed by atoms with Gasteiger partial charge in [0.05, 0.1) is 24.3 Å². The molecule has 31 heavy (non-hydrogen) atoms. The minimum absolute atomic E-state index is 0. The molecule has 1 fully saturated rings. The maximum atomic E-state index is 12.1. The van der Waals surface area contributed by atoms with Crippen LogP contribution < -0.4 is 10.1 Å². The second-order valence-electron chi connectivity index (χ2n) is 7.78. The molecular weight excluding hydrogens is 412 g/mol. The lowest BCUT2D eigenvalue weighted by Crippen LogP contribution is -2.15. The molecule has 1 saturated carbocycles. The van der Waals surface area contributed by atoms with Crippen molar-refractivity contribution >= 4 is 40.7 Å². The van der Waals surface area contributed by atoms with E-state index in [9.17, 15) is 4.79 Å². The Balaban J connectivity index is 0.00000272. The average molecular weight is 441 g/mol. The number of rotatable bonds is 7. The van der Waals surface area contributed by atoms with E-state index in [-0.39, 0.29) is 18.4 Å². The van der Waals surface area contributed by atoms with Crippen molar-refractivity contribution in [1.29, 1.82) is 0 Å². The third-order valence-corrected chi connectivity index (χ3v) is 5.60. The predicted octanol–water partition coefficient (Wildman–Crippen LogP) is 6.54. The molecule has 5 nitrogen and oxygen atoms in total. The molecule has 3 aromatic rings. The van der Waals surface area contributed by atoms with Crippen LogP contribution in [0.3, 0.4) is 0 Å². The van der Waals surface area contributed by atoms with E-state index in [1.54, 1.807) is 19.2 Å². The van der Waals surface area contributed by atoms with E-state index < -0.39 is 0 Å². The first kappa shape index (κ1) is 22.9. The summed E-state index contributed by atoms with van der Waals surface area (Å²) < 4.78 is 11.1. The number of hydrogen-bond acceptors (Lipinski definition) is 5. The number of carbonyl (C=O) groups is 1. The molecule has 1 aromatic heterocycles. The standard InChI is InChI=1S/C25H28N2O3.ClH/c1-2-29-25(28)19-8-13-23-22(16-19)24(14-15-26-23)27-20-9-11-21(12-10-20)30-17-18-6-4-3-5-7-18;/h8-16,18H,2-7,17H2,1H3,(H,26,27);1H. The Hall–Kier alpha value is -2.79. The number of nitrogens with one attached hydrogen (secondary N) is 1. The lowest BCUT2D eigenvalue weighted by molar-refractivity contribution is 0.0526. The van der Waals surface area contributed by atoms with Crippen molar-refractivity contribution in [3.8, 4) is 5.75 Å². The fraction of sp³-hybridized carbons (Fsp3) is 0.360. The van der Waals surface area contributed by atoms with Crippen molar-refractivity contribution in [2.75, 3.05) is 18.5 Å². The van der Waals surface area contributed by atoms with Crippen molar-refractivity contribution in [3.63, 3.8) is 0 Å². The van der Waals surface area contributed by atoms with Crippen LogP contribution in [0.1, 0.15) is 49.4 Å². The lowest BCUT2D eigenvalue weighted by atomic mass is 9.90. The molecule has 6 heteroatoms. The van der Waals surface area contributed by atoms with Gasteiger partial charge < -0.3 is 14.8 Å². The number of ether oxygens (including phenoxy) is 2. The van der Waals surface area contributed by atoms with Crippen LogP contribution in [0.2, 0.25) is 0 Å². The average Bonchev–Trinajstić information content (AvgIpc) is 2.79. The van der Waals surface area contributed by atoms with Crippen LogP contribution in [-0.2, 0) is 4.74 Å². The number of anilines is 2. The van der Waals surface area contributed by atoms with Crippen LogP contribution >= 0.6 is 12.4 Å². The summed E-state index contributed by atoms with van der Waals surface area (Å²) in [6, 6.07) is 15.3. The van der Waals surface area contributed by atoms with Crippen LogP contribution in [0.5, 0.6) is 5.75 Å². The summed E-state index contributed by atoms with van der Waals surface area (Å²) in [6.45, 7) is 2.96. The summed E-state index contributed by atoms with van der Waals surface area (Å²) in [5, 5.41) is 4.31. The van der Waals surface area contributed by atoms with Gasteiger partial charge in [-0.15, -0.1) is 12.4 Å². The van der Waals surface area contributed by atoms with Crippen molar-refractivity contribution in [2.45, 2.75) is 39.0 Å². The van der Waals surface area contributed by atoms with Crippen molar-refractivity contribution in [2.24, 2.45) is 5.92 Å². The highest BCUT2D eigenvalue weighted by atomic mass is 35.5. The Labute approximate surface area is 189 Å². The van der Waals surface area contributed by atoms with E-state index in [1.807, 2.05) is 42.5 Å². The fourth-order valence-electron chi connectivity index (χ4n) is 3.95. The van der Waals surface area contributed by atoms with Crippen LogP contribution in [0, 0.1) is 5.92 Å². The Kier molecular flexibility index (Phi) is 8.13. The van der Waals surface area contributed by atoms with Crippen molar-refractivity contribution < 1.29 is 14.3 Å². The van der Waals surface area contributed by atoms with Gasteiger partial charge in [0.25, 0.3) is 0 Å². The van der Waals surface area contributed by atoms with Gasteiger partial charge in [0.1, 0.15) is 5.75 Å². The van der Waals surface area contributed by atoms with Gasteiger partial charge in [0, 0.05) is 23.0 Å². The molecule has 0 spiro atoms. The SMILES string of the molecule is CCOC(=O)c1ccc2nccc(Nc3ccc(OCC4CCCCC4)cc3)c2c1.Cl. The second kappa shape index (κ2) is 11.0. The molecule has 0 atom stereocenters. The molecule has 0 bridgehead atoms. The largest absolute Gasteiger partial charge is 0.493 e. The molecule has 164 valence electrons. The maximum absolute atomic E-state index is 12.1. The minimum atomic E-state index is -0.325. The fourth-order valence-corrected chi connectivity index (χ4v) is 3.95. The molecule has 2 aromatic carbocycles. The minimum Gasteiger partial charge on any atom is -0.493 e. The Bertz CT molecular complexity index is 1000. The van der Waals surface area contributed by atoms with Gasteiger partial charge in [0.2, 0.25) is 0 Å². The highest BCUT2D eigenvalue weighted by Crippen LogP contribution is 2.28. The van der Waals surface area contributed by atoms with Gasteiger partial charge in [-0.05, 0) is 74.2 Å². The summed E-state index contributed by atoms with van der Waals surface area (Å²) in [5.41, 5.74) is 3.18. The molecule has 0 radical (unpaired) electrons. The Morgan fingerprint density at radius 3 is 2.58 bits per heavy atom. The van der Waals surface area contributed by atoms with E-state index in [1.165, 1.54) is 32.1 Å². The zero-order valence-electron chi connectivity index (χ0n) is 17.8. The highest BCUT2D eigenvalue weighted by molar-refractivity contribution is 5.99. The smallest absolute Gasteiger partial charge is 0.338 e. The molecule has 4 rings (SSSR count). The van der Waals surface area contributed by atoms with Crippen LogP contribution in [-0.4, -0.2) is 24.2 Å². The van der Waals surface area contributed by atoms with E-state index in [0.29, 0.717) is 18.1 Å². The third kappa shape index (κ3) is 5.88. The number of aromatic nitrogens is 1. The van der Waals surface area contributed by atoms with Crippen LogP contribution in [0.15, 0.2) is 54.7 Å². The van der Waals surface area contributed by atoms with Gasteiger partial charge >= 0.3 is 5.97 Å². The van der Waals surface area contributed by atoms with E-state index in [0.717, 1.165) is 34.6 Å². The van der Waals surface area contributed by atoms with E-state index >= 15 is 0 Å². The Morgan fingerprint density at radius 2 is 1.84 bits per heavy atom. The van der Waals surface area contributed by atoms with Gasteiger partial charge in [0.15, 0.2) is 0 Å². The molecule has 0 saturated heterocycles. The number of hydrogen-bond donors (Lipinski definition) is 1. The number of nitrogens with zero attached hydrogens (tertiary/aromatic N) is 1. The summed E-state index contributed by atoms with van der Waals surface area (Å²) in [5.74, 6) is 1.26. The molecular formula is C25H29ClN2O3. The molecule has 0 unspecified atom stereocenters. The van der Waals surface area contributed by atoms with E-state index in [4.69, 9.17) is 9.47 Å². The molecule has 0 aliphatic heterocycles. The molecule has 1 aliphatic carbocycles. The molecule has 1 N–H and O–H groups in total. The zero-order valence-corrected chi connectivity index (χ0v) is 18.6. The van der Waals surface area contributed by atoms with E-state index in [2.05, 4.69) is 10.3 Å². The normalized spacial score (nSPS) is 14.0. The van der Waals surface area contributed by atoms with Crippen LogP contribution in [0.25, 0.3) is 10.9 Å². The van der Waals surface area contributed by atoms with Crippen molar-refractivity contribution in [1.82, 2.24) is 4.98 Å². The van der Waals surface area contributed by atoms with Crippen LogP contribution in [0.4, 0.5) is 11.4 Å². The quantitative estimate of drug-likeness (QED) is 0.423. The number of halogens is 1. The molecule has 1 aliphatic rings. The second-order valence-corrected chi connectivity index (χ2v) is 7.78. The molecule has 0 amide bonds.